The van der Waals surface area contributed by atoms with E-state index >= 15 is 0 Å². The van der Waals surface area contributed by atoms with Gasteiger partial charge in [-0.15, -0.1) is 0 Å². The summed E-state index contributed by atoms with van der Waals surface area (Å²) >= 11 is 5.26. The van der Waals surface area contributed by atoms with Crippen LogP contribution in [0.4, 0.5) is 0 Å². The van der Waals surface area contributed by atoms with Crippen LogP contribution in [0.1, 0.15) is 59.9 Å². The fourth-order valence-corrected chi connectivity index (χ4v) is 5.84. The molecule has 0 spiro atoms. The molecule has 5 nitrogen and oxygen atoms in total. The maximum Gasteiger partial charge on any atom is 0.255 e. The Hall–Kier alpha value is -2.51. The Kier molecular flexibility index (Phi) is 6.25. The first kappa shape index (κ1) is 21.7. The molecular formula is C24H26N2O3S2. The van der Waals surface area contributed by atoms with Crippen molar-refractivity contribution in [3.05, 3.63) is 92.1 Å². The second-order valence-corrected chi connectivity index (χ2v) is 10.7. The first-order valence-electron chi connectivity index (χ1n) is 10.5. The molecule has 0 amide bonds. The second kappa shape index (κ2) is 8.93. The molecule has 31 heavy (non-hydrogen) atoms. The van der Waals surface area contributed by atoms with Crippen LogP contribution in [0.5, 0.6) is 0 Å². The van der Waals surface area contributed by atoms with Gasteiger partial charge in [0, 0.05) is 23.9 Å². The Bertz CT molecular complexity index is 1290. The highest BCUT2D eigenvalue weighted by atomic mass is 32.2. The average Bonchev–Trinajstić information content (AvgIpc) is 2.76. The number of hydrogen-bond donors (Lipinski definition) is 2. The summed E-state index contributed by atoms with van der Waals surface area (Å²) in [4.78, 5) is 19.0. The lowest BCUT2D eigenvalue weighted by molar-refractivity contribution is 0.389. The van der Waals surface area contributed by atoms with E-state index in [0.29, 0.717) is 21.8 Å². The Morgan fingerprint density at radius 1 is 0.903 bits per heavy atom. The van der Waals surface area contributed by atoms with Crippen LogP contribution >= 0.6 is 12.2 Å². The number of aromatic nitrogens is 2. The van der Waals surface area contributed by atoms with Crippen molar-refractivity contribution in [2.75, 3.05) is 6.26 Å². The largest absolute Gasteiger partial charge is 0.335 e. The molecule has 1 fully saturated rings. The van der Waals surface area contributed by atoms with Crippen LogP contribution in [0.15, 0.2) is 64.3 Å². The third-order valence-electron chi connectivity index (χ3n) is 6.22. The Labute approximate surface area is 187 Å². The van der Waals surface area contributed by atoms with Gasteiger partial charge in [0.2, 0.25) is 0 Å². The predicted octanol–water partition coefficient (Wildman–Crippen LogP) is 4.87. The summed E-state index contributed by atoms with van der Waals surface area (Å²) in [5.74, 6) is 0.723. The molecule has 0 aliphatic heterocycles. The summed E-state index contributed by atoms with van der Waals surface area (Å²) in [5, 5.41) is 0. The molecule has 4 rings (SSSR count). The SMILES string of the molecule is CS(=O)(=O)c1ccccc1Cc1c(C2CCC(c3ccccc3)CC2)[nH]c(=S)[nH]c1=O. The highest BCUT2D eigenvalue weighted by Gasteiger charge is 2.27. The third kappa shape index (κ3) is 4.88. The summed E-state index contributed by atoms with van der Waals surface area (Å²) < 4.78 is 24.8. The summed E-state index contributed by atoms with van der Waals surface area (Å²) in [5.41, 5.74) is 3.17. The second-order valence-electron chi connectivity index (χ2n) is 8.32. The molecule has 7 heteroatoms. The number of nitrogens with one attached hydrogen (secondary N) is 2. The van der Waals surface area contributed by atoms with E-state index in [2.05, 4.69) is 34.2 Å². The molecule has 162 valence electrons. The van der Waals surface area contributed by atoms with Gasteiger partial charge in [-0.25, -0.2) is 8.42 Å². The average molecular weight is 455 g/mol. The molecule has 2 N–H and O–H groups in total. The molecule has 1 heterocycles. The zero-order valence-electron chi connectivity index (χ0n) is 17.4. The molecule has 0 radical (unpaired) electrons. The fraction of sp³-hybridized carbons (Fsp3) is 0.333. The minimum absolute atomic E-state index is 0.198. The van der Waals surface area contributed by atoms with Gasteiger partial charge in [-0.1, -0.05) is 48.5 Å². The van der Waals surface area contributed by atoms with Gasteiger partial charge in [-0.3, -0.25) is 9.78 Å². The molecule has 0 bridgehead atoms. The van der Waals surface area contributed by atoms with Crippen molar-refractivity contribution >= 4 is 22.1 Å². The van der Waals surface area contributed by atoms with Gasteiger partial charge in [0.1, 0.15) is 0 Å². The zero-order chi connectivity index (χ0) is 22.0. The van der Waals surface area contributed by atoms with Gasteiger partial charge in [-0.2, -0.15) is 0 Å². The van der Waals surface area contributed by atoms with Crippen LogP contribution < -0.4 is 5.56 Å². The number of rotatable bonds is 5. The molecule has 3 aromatic rings. The molecule has 1 aromatic heterocycles. The molecule has 0 saturated heterocycles. The Morgan fingerprint density at radius 3 is 2.19 bits per heavy atom. The molecule has 1 saturated carbocycles. The predicted molar refractivity (Wildman–Crippen MR) is 125 cm³/mol. The van der Waals surface area contributed by atoms with Crippen LogP contribution in [0.3, 0.4) is 0 Å². The zero-order valence-corrected chi connectivity index (χ0v) is 19.1. The minimum Gasteiger partial charge on any atom is -0.335 e. The van der Waals surface area contributed by atoms with Gasteiger partial charge in [0.25, 0.3) is 5.56 Å². The van der Waals surface area contributed by atoms with E-state index in [1.165, 1.54) is 11.8 Å². The molecule has 0 atom stereocenters. The van der Waals surface area contributed by atoms with Gasteiger partial charge < -0.3 is 4.98 Å². The first-order valence-corrected chi connectivity index (χ1v) is 12.8. The molecule has 0 unspecified atom stereocenters. The summed E-state index contributed by atoms with van der Waals surface area (Å²) in [7, 11) is -3.39. The van der Waals surface area contributed by atoms with Crippen molar-refractivity contribution in [3.63, 3.8) is 0 Å². The number of hydrogen-bond acceptors (Lipinski definition) is 4. The van der Waals surface area contributed by atoms with E-state index in [0.717, 1.165) is 31.4 Å². The highest BCUT2D eigenvalue weighted by Crippen LogP contribution is 2.40. The lowest BCUT2D eigenvalue weighted by atomic mass is 9.76. The van der Waals surface area contributed by atoms with Crippen LogP contribution in [0.2, 0.25) is 0 Å². The van der Waals surface area contributed by atoms with E-state index in [1.807, 2.05) is 6.07 Å². The molecule has 1 aliphatic rings. The summed E-state index contributed by atoms with van der Waals surface area (Å²) in [6.07, 6.45) is 5.44. The molecule has 2 aromatic carbocycles. The smallest absolute Gasteiger partial charge is 0.255 e. The van der Waals surface area contributed by atoms with Gasteiger partial charge in [-0.05, 0) is 66.9 Å². The van der Waals surface area contributed by atoms with Crippen LogP contribution in [0, 0.1) is 4.77 Å². The Morgan fingerprint density at radius 2 is 1.52 bits per heavy atom. The van der Waals surface area contributed by atoms with Gasteiger partial charge >= 0.3 is 0 Å². The van der Waals surface area contributed by atoms with Gasteiger partial charge in [0.05, 0.1) is 4.90 Å². The maximum absolute atomic E-state index is 12.9. The Balaban J connectivity index is 1.65. The monoisotopic (exact) mass is 454 g/mol. The van der Waals surface area contributed by atoms with Crippen LogP contribution in [-0.2, 0) is 16.3 Å². The van der Waals surface area contributed by atoms with Crippen molar-refractivity contribution in [3.8, 4) is 0 Å². The maximum atomic E-state index is 12.9. The number of H-pyrrole nitrogens is 2. The lowest BCUT2D eigenvalue weighted by Gasteiger charge is -2.30. The van der Waals surface area contributed by atoms with E-state index < -0.39 is 9.84 Å². The van der Waals surface area contributed by atoms with Crippen LogP contribution in [-0.4, -0.2) is 24.6 Å². The van der Waals surface area contributed by atoms with Gasteiger partial charge in [0.15, 0.2) is 14.6 Å². The summed E-state index contributed by atoms with van der Waals surface area (Å²) in [6, 6.07) is 17.4. The first-order chi connectivity index (χ1) is 14.8. The van der Waals surface area contributed by atoms with Crippen molar-refractivity contribution < 1.29 is 8.42 Å². The number of sulfone groups is 1. The van der Waals surface area contributed by atoms with Crippen LogP contribution in [0.25, 0.3) is 0 Å². The normalized spacial score (nSPS) is 19.3. The van der Waals surface area contributed by atoms with Crippen molar-refractivity contribution in [1.29, 1.82) is 0 Å². The lowest BCUT2D eigenvalue weighted by Crippen LogP contribution is -2.23. The van der Waals surface area contributed by atoms with Crippen molar-refractivity contribution in [2.24, 2.45) is 0 Å². The fourth-order valence-electron chi connectivity index (χ4n) is 4.70. The van der Waals surface area contributed by atoms with E-state index in [1.54, 1.807) is 24.3 Å². The van der Waals surface area contributed by atoms with E-state index in [9.17, 15) is 13.2 Å². The molecule has 1 aliphatic carbocycles. The van der Waals surface area contributed by atoms with E-state index in [4.69, 9.17) is 12.2 Å². The third-order valence-corrected chi connectivity index (χ3v) is 7.62. The topological polar surface area (TPSA) is 82.8 Å². The van der Waals surface area contributed by atoms with Crippen molar-refractivity contribution in [2.45, 2.75) is 48.8 Å². The standard InChI is InChI=1S/C24H26N2O3S2/c1-31(28,29)21-10-6-5-9-19(21)15-20-22(25-24(30)26-23(20)27)18-13-11-17(12-14-18)16-7-3-2-4-8-16/h2-10,17-18H,11-15H2,1H3,(H2,25,26,27,30). The summed E-state index contributed by atoms with van der Waals surface area (Å²) in [6.45, 7) is 0. The highest BCUT2D eigenvalue weighted by molar-refractivity contribution is 7.90. The number of aromatic amines is 2. The van der Waals surface area contributed by atoms with E-state index in [-0.39, 0.29) is 22.8 Å². The quantitative estimate of drug-likeness (QED) is 0.539. The molecular weight excluding hydrogens is 428 g/mol. The van der Waals surface area contributed by atoms with Crippen molar-refractivity contribution in [1.82, 2.24) is 9.97 Å². The minimum atomic E-state index is -3.39. The number of benzene rings is 2.